The summed E-state index contributed by atoms with van der Waals surface area (Å²) in [5.41, 5.74) is -0.580. The van der Waals surface area contributed by atoms with Gasteiger partial charge in [0.1, 0.15) is 13.1 Å². The second-order valence-electron chi connectivity index (χ2n) is 10.9. The first kappa shape index (κ1) is 31.9. The zero-order valence-corrected chi connectivity index (χ0v) is 25.1. The molecule has 2 aliphatic rings. The van der Waals surface area contributed by atoms with E-state index in [0.717, 1.165) is 22.2 Å². The van der Waals surface area contributed by atoms with Crippen LogP contribution >= 0.6 is 11.6 Å². The van der Waals surface area contributed by atoms with E-state index in [4.69, 9.17) is 11.6 Å². The highest BCUT2D eigenvalue weighted by Gasteiger charge is 2.39. The Morgan fingerprint density at radius 2 is 1.87 bits per heavy atom. The number of hydrogen-bond acceptors (Lipinski definition) is 9. The molecule has 4 aromatic rings. The van der Waals surface area contributed by atoms with Crippen LogP contribution in [0.5, 0.6) is 0 Å². The largest absolute Gasteiger partial charge is 0.416 e. The molecule has 1 saturated carbocycles. The van der Waals surface area contributed by atoms with E-state index in [1.165, 1.54) is 47.6 Å². The van der Waals surface area contributed by atoms with Crippen LogP contribution in [-0.2, 0) is 17.9 Å². The highest BCUT2D eigenvalue weighted by Crippen LogP contribution is 2.25. The fraction of sp³-hybridized carbons (Fsp3) is 0.357. The summed E-state index contributed by atoms with van der Waals surface area (Å²) in [6.07, 6.45) is -3.57. The molecule has 1 saturated heterocycles. The molecule has 0 bridgehead atoms. The number of hydrogen-bond donors (Lipinski definition) is 3. The molecule has 4 heterocycles. The molecule has 0 radical (unpaired) electrons. The van der Waals surface area contributed by atoms with Crippen LogP contribution in [0.2, 0.25) is 5.02 Å². The first-order chi connectivity index (χ1) is 22.4. The summed E-state index contributed by atoms with van der Waals surface area (Å²) < 4.78 is 42.4. The number of halogens is 4. The van der Waals surface area contributed by atoms with Gasteiger partial charge < -0.3 is 20.6 Å². The van der Waals surface area contributed by atoms with Gasteiger partial charge >= 0.3 is 11.9 Å². The summed E-state index contributed by atoms with van der Waals surface area (Å²) in [5.74, 6) is -2.21. The molecule has 1 atom stereocenters. The average Bonchev–Trinajstić information content (AvgIpc) is 3.68. The lowest BCUT2D eigenvalue weighted by molar-refractivity contribution is -0.207. The van der Waals surface area contributed by atoms with Crippen LogP contribution in [0.1, 0.15) is 39.6 Å². The lowest BCUT2D eigenvalue weighted by Crippen LogP contribution is -2.50. The number of nitrogens with one attached hydrogen (secondary N) is 2. The lowest BCUT2D eigenvalue weighted by atomic mass is 10.2. The van der Waals surface area contributed by atoms with Crippen molar-refractivity contribution in [1.82, 2.24) is 49.6 Å². The number of aromatic nitrogens is 7. The van der Waals surface area contributed by atoms with E-state index in [0.29, 0.717) is 9.59 Å². The van der Waals surface area contributed by atoms with Crippen molar-refractivity contribution >= 4 is 29.3 Å². The number of nitrogens with zero attached hydrogens (tertiary/aromatic N) is 8. The molecule has 1 aromatic carbocycles. The zero-order valence-electron chi connectivity index (χ0n) is 24.3. The van der Waals surface area contributed by atoms with Crippen molar-refractivity contribution in [3.8, 4) is 17.1 Å². The second-order valence-corrected chi connectivity index (χ2v) is 11.4. The number of aliphatic hydroxyl groups excluding tert-OH is 1. The summed E-state index contributed by atoms with van der Waals surface area (Å²) in [5, 5.41) is 24.2. The van der Waals surface area contributed by atoms with Crippen molar-refractivity contribution in [2.45, 2.75) is 44.3 Å². The fourth-order valence-electron chi connectivity index (χ4n) is 4.85. The minimum atomic E-state index is -5.02. The van der Waals surface area contributed by atoms with Crippen LogP contribution in [0, 0.1) is 0 Å². The number of carbonyl (C=O) groups is 3. The SMILES string of the molecule is O=C1CN(C(=O)c2nc(Cn3nc(-c4ccc(Cl)cc4)n(C[C@H](O)C(F)(F)F)c3=O)nn2-c2cnccc2C(=O)NC2CC2)CCN1. The molecule has 1 aliphatic heterocycles. The van der Waals surface area contributed by atoms with Crippen LogP contribution in [0.25, 0.3) is 17.1 Å². The summed E-state index contributed by atoms with van der Waals surface area (Å²) in [6, 6.07) is 7.25. The number of benzene rings is 1. The van der Waals surface area contributed by atoms with Crippen LogP contribution in [0.15, 0.2) is 47.5 Å². The van der Waals surface area contributed by atoms with Gasteiger partial charge in [0.15, 0.2) is 17.8 Å². The van der Waals surface area contributed by atoms with Crippen molar-refractivity contribution in [3.63, 3.8) is 0 Å². The molecule has 0 unspecified atom stereocenters. The average molecular weight is 675 g/mol. The first-order valence-corrected chi connectivity index (χ1v) is 14.7. The van der Waals surface area contributed by atoms with E-state index in [-0.39, 0.29) is 60.0 Å². The molecular formula is C28H26ClF3N10O5. The van der Waals surface area contributed by atoms with Crippen molar-refractivity contribution < 1.29 is 32.7 Å². The molecule has 19 heteroatoms. The highest BCUT2D eigenvalue weighted by molar-refractivity contribution is 6.30. The summed E-state index contributed by atoms with van der Waals surface area (Å²) in [6.45, 7) is -1.59. The molecule has 3 aromatic heterocycles. The summed E-state index contributed by atoms with van der Waals surface area (Å²) >= 11 is 5.96. The third-order valence-corrected chi connectivity index (χ3v) is 7.66. The number of carbonyl (C=O) groups excluding carboxylic acids is 3. The lowest BCUT2D eigenvalue weighted by Gasteiger charge is -2.26. The van der Waals surface area contributed by atoms with Gasteiger partial charge in [0, 0.05) is 35.9 Å². The third-order valence-electron chi connectivity index (χ3n) is 7.40. The normalized spacial score (nSPS) is 15.8. The minimum Gasteiger partial charge on any atom is -0.382 e. The topological polar surface area (TPSA) is 182 Å². The third kappa shape index (κ3) is 6.87. The van der Waals surface area contributed by atoms with E-state index < -0.39 is 48.8 Å². The Bertz CT molecular complexity index is 1900. The van der Waals surface area contributed by atoms with Crippen LogP contribution in [0.4, 0.5) is 13.2 Å². The fourth-order valence-corrected chi connectivity index (χ4v) is 4.98. The number of alkyl halides is 3. The van der Waals surface area contributed by atoms with Crippen LogP contribution < -0.4 is 16.3 Å². The quantitative estimate of drug-likeness (QED) is 0.231. The molecule has 3 N–H and O–H groups in total. The Labute approximate surface area is 268 Å². The van der Waals surface area contributed by atoms with Gasteiger partial charge in [-0.15, -0.1) is 10.2 Å². The Kier molecular flexibility index (Phi) is 8.54. The van der Waals surface area contributed by atoms with Gasteiger partial charge in [0.2, 0.25) is 11.7 Å². The van der Waals surface area contributed by atoms with Crippen molar-refractivity contribution in [3.05, 3.63) is 75.4 Å². The minimum absolute atomic E-state index is 0.00970. The molecule has 3 amide bonds. The van der Waals surface area contributed by atoms with E-state index in [1.54, 1.807) is 0 Å². The van der Waals surface area contributed by atoms with E-state index in [1.807, 2.05) is 0 Å². The number of pyridine rings is 1. The maximum Gasteiger partial charge on any atom is 0.416 e. The molecule has 6 rings (SSSR count). The van der Waals surface area contributed by atoms with Crippen molar-refractivity contribution in [2.24, 2.45) is 0 Å². The molecular weight excluding hydrogens is 649 g/mol. The smallest absolute Gasteiger partial charge is 0.382 e. The predicted octanol–water partition coefficient (Wildman–Crippen LogP) is 0.777. The van der Waals surface area contributed by atoms with Crippen LogP contribution in [-0.4, -0.2) is 99.8 Å². The number of amides is 3. The number of rotatable bonds is 9. The first-order valence-electron chi connectivity index (χ1n) is 14.3. The maximum absolute atomic E-state index is 13.7. The van der Waals surface area contributed by atoms with Gasteiger partial charge in [-0.2, -0.15) is 13.2 Å². The number of aliphatic hydroxyl groups is 1. The Morgan fingerprint density at radius 1 is 1.13 bits per heavy atom. The predicted molar refractivity (Wildman–Crippen MR) is 157 cm³/mol. The molecule has 246 valence electrons. The van der Waals surface area contributed by atoms with E-state index >= 15 is 0 Å². The van der Waals surface area contributed by atoms with E-state index in [2.05, 4.69) is 30.8 Å². The van der Waals surface area contributed by atoms with Gasteiger partial charge in [0.25, 0.3) is 11.8 Å². The van der Waals surface area contributed by atoms with Gasteiger partial charge in [0.05, 0.1) is 24.0 Å². The van der Waals surface area contributed by atoms with Gasteiger partial charge in [-0.25, -0.2) is 19.1 Å². The highest BCUT2D eigenvalue weighted by atomic mass is 35.5. The van der Waals surface area contributed by atoms with Gasteiger partial charge in [-0.3, -0.25) is 23.9 Å². The van der Waals surface area contributed by atoms with E-state index in [9.17, 15) is 37.5 Å². The molecule has 2 fully saturated rings. The number of piperazine rings is 1. The Balaban J connectivity index is 1.42. The van der Waals surface area contributed by atoms with Crippen molar-refractivity contribution in [2.75, 3.05) is 19.6 Å². The van der Waals surface area contributed by atoms with Gasteiger partial charge in [-0.05, 0) is 43.2 Å². The van der Waals surface area contributed by atoms with Crippen molar-refractivity contribution in [1.29, 1.82) is 0 Å². The standard InChI is InChI=1S/C28H26ClF3N10O5/c29-16-3-1-15(2-4-16)23-38-41(27(47)40(23)12-20(43)28(30,31)32)13-21-36-24(26(46)39-10-9-34-22(44)14-39)42(37-21)19-11-33-8-7-18(19)25(45)35-17-5-6-17/h1-4,7-8,11,17,20,43H,5-6,9-10,12-14H2,(H,34,44)(H,35,45)/t20-/m0/s1. The van der Waals surface area contributed by atoms with Crippen LogP contribution in [0.3, 0.4) is 0 Å². The maximum atomic E-state index is 13.7. The zero-order chi connectivity index (χ0) is 33.5. The summed E-state index contributed by atoms with van der Waals surface area (Å²) in [7, 11) is 0. The Morgan fingerprint density at radius 3 is 2.55 bits per heavy atom. The molecule has 47 heavy (non-hydrogen) atoms. The molecule has 15 nitrogen and oxygen atoms in total. The summed E-state index contributed by atoms with van der Waals surface area (Å²) in [4.78, 5) is 61.9. The molecule has 1 aliphatic carbocycles. The molecule has 0 spiro atoms. The van der Waals surface area contributed by atoms with Gasteiger partial charge in [-0.1, -0.05) is 11.6 Å². The Hall–Kier alpha value is -5.10. The monoisotopic (exact) mass is 674 g/mol. The second kappa shape index (κ2) is 12.6.